The molecule has 2 aromatic carbocycles. The van der Waals surface area contributed by atoms with Gasteiger partial charge in [-0.2, -0.15) is 0 Å². The number of likely N-dealkylation sites (N-methyl/N-ethyl adjacent to an activating group) is 1. The summed E-state index contributed by atoms with van der Waals surface area (Å²) < 4.78 is 2.00. The van der Waals surface area contributed by atoms with E-state index in [1.165, 1.54) is 0 Å². The minimum atomic E-state index is -0.0945. The number of halogens is 1. The number of hydrogen-bond acceptors (Lipinski definition) is 2. The zero-order valence-electron chi connectivity index (χ0n) is 14.9. The van der Waals surface area contributed by atoms with Crippen molar-refractivity contribution in [2.75, 3.05) is 20.6 Å². The zero-order valence-corrected chi connectivity index (χ0v) is 15.6. The van der Waals surface area contributed by atoms with Gasteiger partial charge in [-0.1, -0.05) is 29.8 Å². The average Bonchev–Trinajstić information content (AvgIpc) is 3.18. The van der Waals surface area contributed by atoms with E-state index in [0.29, 0.717) is 17.1 Å². The Labute approximate surface area is 159 Å². The highest BCUT2D eigenvalue weighted by Crippen LogP contribution is 2.25. The summed E-state index contributed by atoms with van der Waals surface area (Å²) in [6.07, 6.45) is 3.95. The van der Waals surface area contributed by atoms with Crippen LogP contribution in [0.4, 0.5) is 0 Å². The van der Waals surface area contributed by atoms with Crippen LogP contribution in [0.25, 0.3) is 5.69 Å². The van der Waals surface area contributed by atoms with E-state index in [2.05, 4.69) is 10.2 Å². The van der Waals surface area contributed by atoms with Crippen LogP contribution < -0.4 is 5.32 Å². The van der Waals surface area contributed by atoms with E-state index < -0.39 is 0 Å². The Morgan fingerprint density at radius 1 is 1.04 bits per heavy atom. The topological polar surface area (TPSA) is 37.3 Å². The van der Waals surface area contributed by atoms with Gasteiger partial charge in [0.05, 0.1) is 6.04 Å². The van der Waals surface area contributed by atoms with Gasteiger partial charge in [0.25, 0.3) is 5.91 Å². The fourth-order valence-corrected chi connectivity index (χ4v) is 3.16. The Balaban J connectivity index is 1.68. The molecule has 0 fully saturated rings. The van der Waals surface area contributed by atoms with Crippen LogP contribution in [-0.4, -0.2) is 36.0 Å². The molecule has 3 aromatic rings. The summed E-state index contributed by atoms with van der Waals surface area (Å²) in [4.78, 5) is 14.6. The van der Waals surface area contributed by atoms with Crippen molar-refractivity contribution in [3.8, 4) is 5.69 Å². The Kier molecular flexibility index (Phi) is 5.76. The second-order valence-corrected chi connectivity index (χ2v) is 6.76. The number of aromatic nitrogens is 1. The molecule has 0 spiro atoms. The highest BCUT2D eigenvalue weighted by atomic mass is 35.5. The third kappa shape index (κ3) is 4.15. The Hall–Kier alpha value is -2.56. The molecule has 5 heteroatoms. The summed E-state index contributed by atoms with van der Waals surface area (Å²) >= 11 is 6.32. The van der Waals surface area contributed by atoms with Crippen LogP contribution in [-0.2, 0) is 0 Å². The van der Waals surface area contributed by atoms with Crippen molar-refractivity contribution < 1.29 is 4.79 Å². The predicted octanol–water partition coefficient (Wildman–Crippen LogP) is 4.16. The minimum Gasteiger partial charge on any atom is -0.350 e. The van der Waals surface area contributed by atoms with E-state index in [0.717, 1.165) is 11.3 Å². The van der Waals surface area contributed by atoms with E-state index in [-0.39, 0.29) is 11.9 Å². The van der Waals surface area contributed by atoms with Crippen LogP contribution in [0.5, 0.6) is 0 Å². The number of carbonyl (C=O) groups excluding carboxylic acids is 1. The summed E-state index contributed by atoms with van der Waals surface area (Å²) in [5.41, 5.74) is 2.66. The molecule has 134 valence electrons. The fraction of sp³-hybridized carbons (Fsp3) is 0.190. The Morgan fingerprint density at radius 3 is 2.31 bits per heavy atom. The number of hydrogen-bond donors (Lipinski definition) is 1. The molecule has 0 aliphatic heterocycles. The van der Waals surface area contributed by atoms with Crippen molar-refractivity contribution in [1.82, 2.24) is 14.8 Å². The van der Waals surface area contributed by atoms with Gasteiger partial charge in [-0.05, 0) is 62.1 Å². The first-order valence-corrected chi connectivity index (χ1v) is 8.86. The van der Waals surface area contributed by atoms with Gasteiger partial charge in [-0.15, -0.1) is 0 Å². The van der Waals surface area contributed by atoms with E-state index in [1.807, 2.05) is 91.7 Å². The first-order chi connectivity index (χ1) is 12.6. The Bertz CT molecular complexity index is 857. The molecule has 0 saturated carbocycles. The summed E-state index contributed by atoms with van der Waals surface area (Å²) in [5.74, 6) is -0.0945. The van der Waals surface area contributed by atoms with Crippen molar-refractivity contribution >= 4 is 17.5 Å². The minimum absolute atomic E-state index is 0.00629. The molecule has 3 rings (SSSR count). The molecule has 0 aliphatic rings. The van der Waals surface area contributed by atoms with Gasteiger partial charge in [0.15, 0.2) is 0 Å². The van der Waals surface area contributed by atoms with Crippen molar-refractivity contribution in [3.63, 3.8) is 0 Å². The van der Waals surface area contributed by atoms with Crippen LogP contribution in [0, 0.1) is 0 Å². The predicted molar refractivity (Wildman–Crippen MR) is 106 cm³/mol. The van der Waals surface area contributed by atoms with Gasteiger partial charge in [0.1, 0.15) is 0 Å². The zero-order chi connectivity index (χ0) is 18.5. The average molecular weight is 368 g/mol. The van der Waals surface area contributed by atoms with E-state index in [9.17, 15) is 4.79 Å². The van der Waals surface area contributed by atoms with Crippen LogP contribution in [0.1, 0.15) is 22.0 Å². The monoisotopic (exact) mass is 367 g/mol. The lowest BCUT2D eigenvalue weighted by atomic mass is 10.1. The lowest BCUT2D eigenvalue weighted by Gasteiger charge is -2.26. The third-order valence-electron chi connectivity index (χ3n) is 4.38. The highest BCUT2D eigenvalue weighted by Gasteiger charge is 2.18. The first kappa shape index (κ1) is 18.2. The van der Waals surface area contributed by atoms with E-state index in [1.54, 1.807) is 0 Å². The molecular formula is C21H22ClN3O. The summed E-state index contributed by atoms with van der Waals surface area (Å²) in [6.45, 7) is 0.481. The molecule has 1 N–H and O–H groups in total. The third-order valence-corrected chi connectivity index (χ3v) is 4.72. The molecule has 1 heterocycles. The van der Waals surface area contributed by atoms with Gasteiger partial charge in [0, 0.05) is 35.2 Å². The molecule has 0 bridgehead atoms. The molecule has 1 aromatic heterocycles. The highest BCUT2D eigenvalue weighted by molar-refractivity contribution is 6.31. The number of carbonyl (C=O) groups is 1. The molecule has 0 unspecified atom stereocenters. The lowest BCUT2D eigenvalue weighted by molar-refractivity contribution is 0.0942. The molecule has 1 atom stereocenters. The number of rotatable bonds is 6. The van der Waals surface area contributed by atoms with Crippen molar-refractivity contribution in [1.29, 1.82) is 0 Å². The van der Waals surface area contributed by atoms with Gasteiger partial charge in [-0.3, -0.25) is 4.79 Å². The van der Waals surface area contributed by atoms with Gasteiger partial charge >= 0.3 is 0 Å². The fourth-order valence-electron chi connectivity index (χ4n) is 2.90. The van der Waals surface area contributed by atoms with Gasteiger partial charge < -0.3 is 14.8 Å². The molecule has 0 saturated heterocycles. The van der Waals surface area contributed by atoms with Crippen LogP contribution in [0.2, 0.25) is 5.02 Å². The van der Waals surface area contributed by atoms with Crippen LogP contribution in [0.3, 0.4) is 0 Å². The maximum Gasteiger partial charge on any atom is 0.251 e. The van der Waals surface area contributed by atoms with E-state index >= 15 is 0 Å². The van der Waals surface area contributed by atoms with Crippen molar-refractivity contribution in [2.24, 2.45) is 0 Å². The second-order valence-electron chi connectivity index (χ2n) is 6.35. The summed E-state index contributed by atoms with van der Waals surface area (Å²) in [5, 5.41) is 3.72. The molecular weight excluding hydrogens is 346 g/mol. The molecule has 26 heavy (non-hydrogen) atoms. The van der Waals surface area contributed by atoms with Gasteiger partial charge in [0.2, 0.25) is 0 Å². The van der Waals surface area contributed by atoms with Crippen molar-refractivity contribution in [2.45, 2.75) is 6.04 Å². The molecule has 0 radical (unpaired) electrons. The van der Waals surface area contributed by atoms with Crippen molar-refractivity contribution in [3.05, 3.63) is 89.2 Å². The molecule has 0 aliphatic carbocycles. The Morgan fingerprint density at radius 2 is 1.69 bits per heavy atom. The number of nitrogens with one attached hydrogen (secondary N) is 1. The number of benzene rings is 2. The number of amides is 1. The SMILES string of the molecule is CN(C)[C@@H](CNC(=O)c1ccc(-n2cccc2)cc1)c1ccccc1Cl. The van der Waals surface area contributed by atoms with Gasteiger partial charge in [-0.25, -0.2) is 0 Å². The maximum atomic E-state index is 12.5. The standard InChI is InChI=1S/C21H22ClN3O/c1-24(2)20(18-7-3-4-8-19(18)22)15-23-21(26)16-9-11-17(12-10-16)25-13-5-6-14-25/h3-14,20H,15H2,1-2H3,(H,23,26)/t20-/m0/s1. The lowest BCUT2D eigenvalue weighted by Crippen LogP contribution is -2.34. The number of nitrogens with zero attached hydrogens (tertiary/aromatic N) is 2. The summed E-state index contributed by atoms with van der Waals surface area (Å²) in [6, 6.07) is 19.2. The largest absolute Gasteiger partial charge is 0.350 e. The molecule has 4 nitrogen and oxygen atoms in total. The maximum absolute atomic E-state index is 12.5. The van der Waals surface area contributed by atoms with Crippen LogP contribution >= 0.6 is 11.6 Å². The molecule has 1 amide bonds. The quantitative estimate of drug-likeness (QED) is 0.710. The second kappa shape index (κ2) is 8.21. The van der Waals surface area contributed by atoms with Crippen LogP contribution in [0.15, 0.2) is 73.1 Å². The normalized spacial score (nSPS) is 12.2. The van der Waals surface area contributed by atoms with E-state index in [4.69, 9.17) is 11.6 Å². The smallest absolute Gasteiger partial charge is 0.251 e. The summed E-state index contributed by atoms with van der Waals surface area (Å²) in [7, 11) is 3.96. The first-order valence-electron chi connectivity index (χ1n) is 8.48.